The molecule has 0 saturated carbocycles. The highest BCUT2D eigenvalue weighted by atomic mass is 16.5. The van der Waals surface area contributed by atoms with E-state index in [0.29, 0.717) is 24.5 Å². The van der Waals surface area contributed by atoms with E-state index in [0.717, 1.165) is 30.7 Å². The number of anilines is 2. The van der Waals surface area contributed by atoms with Gasteiger partial charge in [-0.1, -0.05) is 43.3 Å². The van der Waals surface area contributed by atoms with Crippen molar-refractivity contribution in [1.29, 1.82) is 0 Å². The van der Waals surface area contributed by atoms with Gasteiger partial charge in [-0.2, -0.15) is 0 Å². The molecular weight excluding hydrogens is 416 g/mol. The van der Waals surface area contributed by atoms with Crippen LogP contribution in [0.3, 0.4) is 0 Å². The van der Waals surface area contributed by atoms with Crippen LogP contribution in [0.2, 0.25) is 0 Å². The Hall–Kier alpha value is -3.80. The third-order valence-corrected chi connectivity index (χ3v) is 4.85. The van der Waals surface area contributed by atoms with Crippen molar-refractivity contribution in [3.8, 4) is 5.75 Å². The van der Waals surface area contributed by atoms with Gasteiger partial charge in [0.25, 0.3) is 0 Å². The number of carbonyl (C=O) groups excluding carboxylic acids is 2. The summed E-state index contributed by atoms with van der Waals surface area (Å²) >= 11 is 0. The molecule has 3 aromatic carbocycles. The Morgan fingerprint density at radius 1 is 0.848 bits per heavy atom. The third kappa shape index (κ3) is 8.33. The van der Waals surface area contributed by atoms with Gasteiger partial charge in [-0.05, 0) is 61.2 Å². The van der Waals surface area contributed by atoms with E-state index in [1.54, 1.807) is 24.3 Å². The summed E-state index contributed by atoms with van der Waals surface area (Å²) in [4.78, 5) is 24.1. The zero-order valence-corrected chi connectivity index (χ0v) is 18.9. The number of carbonyl (C=O) groups is 2. The minimum absolute atomic E-state index is 0.109. The Labute approximate surface area is 194 Å². The van der Waals surface area contributed by atoms with Gasteiger partial charge < -0.3 is 20.1 Å². The molecule has 6 heteroatoms. The second-order valence-electron chi connectivity index (χ2n) is 7.58. The molecule has 0 radical (unpaired) electrons. The van der Waals surface area contributed by atoms with Crippen molar-refractivity contribution in [2.75, 3.05) is 30.4 Å². The highest BCUT2D eigenvalue weighted by molar-refractivity contribution is 5.95. The molecule has 3 aromatic rings. The van der Waals surface area contributed by atoms with Crippen LogP contribution in [0.25, 0.3) is 0 Å². The number of rotatable bonds is 12. The van der Waals surface area contributed by atoms with Crippen molar-refractivity contribution >= 4 is 23.3 Å². The molecule has 0 spiro atoms. The molecule has 0 atom stereocenters. The topological polar surface area (TPSA) is 76.7 Å². The zero-order valence-electron chi connectivity index (χ0n) is 18.9. The van der Waals surface area contributed by atoms with Crippen molar-refractivity contribution in [2.45, 2.75) is 26.2 Å². The van der Waals surface area contributed by atoms with Crippen LogP contribution in [0.5, 0.6) is 5.75 Å². The highest BCUT2D eigenvalue weighted by Gasteiger charge is 2.08. The maximum atomic E-state index is 12.3. The van der Waals surface area contributed by atoms with Crippen LogP contribution < -0.4 is 15.4 Å². The maximum Gasteiger partial charge on any atom is 0.338 e. The first-order valence-electron chi connectivity index (χ1n) is 11.2. The first-order chi connectivity index (χ1) is 16.1. The Kier molecular flexibility index (Phi) is 9.33. The summed E-state index contributed by atoms with van der Waals surface area (Å²) < 4.78 is 10.9. The van der Waals surface area contributed by atoms with E-state index >= 15 is 0 Å². The van der Waals surface area contributed by atoms with Crippen LogP contribution >= 0.6 is 0 Å². The van der Waals surface area contributed by atoms with E-state index in [9.17, 15) is 9.59 Å². The molecule has 0 aliphatic heterocycles. The summed E-state index contributed by atoms with van der Waals surface area (Å²) in [6, 6.07) is 24.5. The number of hydrogen-bond acceptors (Lipinski definition) is 5. The lowest BCUT2D eigenvalue weighted by atomic mass is 10.1. The standard InChI is InChI=1S/C27H30N2O4/c1-2-17-33-27(31)22-13-15-23(16-14-22)29-26(30)20-28-24-11-6-12-25(19-24)32-18-7-10-21-8-4-3-5-9-21/h3-6,8-9,11-16,19,28H,2,7,10,17-18,20H2,1H3,(H,29,30). The van der Waals surface area contributed by atoms with Gasteiger partial charge in [0.05, 0.1) is 25.3 Å². The minimum Gasteiger partial charge on any atom is -0.494 e. The molecule has 2 N–H and O–H groups in total. The first kappa shape index (κ1) is 23.9. The van der Waals surface area contributed by atoms with E-state index in [4.69, 9.17) is 9.47 Å². The van der Waals surface area contributed by atoms with Crippen molar-refractivity contribution < 1.29 is 19.1 Å². The lowest BCUT2D eigenvalue weighted by Crippen LogP contribution is -2.21. The van der Waals surface area contributed by atoms with E-state index < -0.39 is 0 Å². The monoisotopic (exact) mass is 446 g/mol. The van der Waals surface area contributed by atoms with E-state index in [2.05, 4.69) is 22.8 Å². The zero-order chi connectivity index (χ0) is 23.3. The molecule has 0 unspecified atom stereocenters. The maximum absolute atomic E-state index is 12.3. The fourth-order valence-corrected chi connectivity index (χ4v) is 3.16. The molecule has 0 aliphatic carbocycles. The predicted octanol–water partition coefficient (Wildman–Crippen LogP) is 5.32. The lowest BCUT2D eigenvalue weighted by molar-refractivity contribution is -0.114. The van der Waals surface area contributed by atoms with Gasteiger partial charge in [0.2, 0.25) is 5.91 Å². The molecule has 1 amide bonds. The fraction of sp³-hybridized carbons (Fsp3) is 0.259. The van der Waals surface area contributed by atoms with Crippen LogP contribution in [0.1, 0.15) is 35.7 Å². The van der Waals surface area contributed by atoms with Gasteiger partial charge in [0.15, 0.2) is 0 Å². The quantitative estimate of drug-likeness (QED) is 0.291. The van der Waals surface area contributed by atoms with Gasteiger partial charge in [-0.15, -0.1) is 0 Å². The number of ether oxygens (including phenoxy) is 2. The first-order valence-corrected chi connectivity index (χ1v) is 11.2. The summed E-state index contributed by atoms with van der Waals surface area (Å²) in [5.74, 6) is 0.211. The molecule has 0 saturated heterocycles. The van der Waals surface area contributed by atoms with Crippen LogP contribution in [-0.4, -0.2) is 31.6 Å². The minimum atomic E-state index is -0.362. The summed E-state index contributed by atoms with van der Waals surface area (Å²) in [6.45, 7) is 3.07. The molecule has 0 aromatic heterocycles. The fourth-order valence-electron chi connectivity index (χ4n) is 3.16. The molecule has 0 aliphatic rings. The molecule has 172 valence electrons. The Morgan fingerprint density at radius 2 is 1.64 bits per heavy atom. The number of aryl methyl sites for hydroxylation is 1. The number of amides is 1. The van der Waals surface area contributed by atoms with Crippen LogP contribution in [0.4, 0.5) is 11.4 Å². The van der Waals surface area contributed by atoms with Crippen molar-refractivity contribution in [3.05, 3.63) is 90.0 Å². The predicted molar refractivity (Wildman–Crippen MR) is 131 cm³/mol. The van der Waals surface area contributed by atoms with Crippen LogP contribution in [0.15, 0.2) is 78.9 Å². The van der Waals surface area contributed by atoms with Crippen molar-refractivity contribution in [3.63, 3.8) is 0 Å². The van der Waals surface area contributed by atoms with Gasteiger partial charge in [-0.25, -0.2) is 4.79 Å². The molecule has 0 bridgehead atoms. The molecule has 0 heterocycles. The SMILES string of the molecule is CCCOC(=O)c1ccc(NC(=O)CNc2cccc(OCCCc3ccccc3)c2)cc1. The lowest BCUT2D eigenvalue weighted by Gasteiger charge is -2.11. The average molecular weight is 447 g/mol. The van der Waals surface area contributed by atoms with Crippen molar-refractivity contribution in [1.82, 2.24) is 0 Å². The number of nitrogens with one attached hydrogen (secondary N) is 2. The average Bonchev–Trinajstić information content (AvgIpc) is 2.85. The smallest absolute Gasteiger partial charge is 0.338 e. The van der Waals surface area contributed by atoms with E-state index in [-0.39, 0.29) is 18.4 Å². The van der Waals surface area contributed by atoms with Crippen LogP contribution in [0, 0.1) is 0 Å². The van der Waals surface area contributed by atoms with Gasteiger partial charge >= 0.3 is 5.97 Å². The van der Waals surface area contributed by atoms with Gasteiger partial charge in [0, 0.05) is 17.4 Å². The highest BCUT2D eigenvalue weighted by Crippen LogP contribution is 2.18. The number of benzene rings is 3. The summed E-state index contributed by atoms with van der Waals surface area (Å²) in [5.41, 5.74) is 3.18. The normalized spacial score (nSPS) is 10.3. The van der Waals surface area contributed by atoms with Gasteiger partial charge in [0.1, 0.15) is 5.75 Å². The molecular formula is C27H30N2O4. The second kappa shape index (κ2) is 12.9. The van der Waals surface area contributed by atoms with E-state index in [1.165, 1.54) is 5.56 Å². The van der Waals surface area contributed by atoms with E-state index in [1.807, 2.05) is 49.4 Å². The number of esters is 1. The Bertz CT molecular complexity index is 1020. The molecule has 6 nitrogen and oxygen atoms in total. The number of hydrogen-bond donors (Lipinski definition) is 2. The molecule has 3 rings (SSSR count). The van der Waals surface area contributed by atoms with Crippen molar-refractivity contribution in [2.24, 2.45) is 0 Å². The summed E-state index contributed by atoms with van der Waals surface area (Å²) in [5, 5.41) is 5.92. The van der Waals surface area contributed by atoms with Gasteiger partial charge in [-0.3, -0.25) is 4.79 Å². The largest absolute Gasteiger partial charge is 0.494 e. The molecule has 33 heavy (non-hydrogen) atoms. The summed E-state index contributed by atoms with van der Waals surface area (Å²) in [6.07, 6.45) is 2.68. The molecule has 0 fully saturated rings. The van der Waals surface area contributed by atoms with Crippen LogP contribution in [-0.2, 0) is 16.0 Å². The Balaban J connectivity index is 1.40. The Morgan fingerprint density at radius 3 is 2.39 bits per heavy atom. The second-order valence-corrected chi connectivity index (χ2v) is 7.58. The third-order valence-electron chi connectivity index (χ3n) is 4.85. The summed E-state index contributed by atoms with van der Waals surface area (Å²) in [7, 11) is 0.